The number of carbonyl (C=O) groups is 1. The lowest BCUT2D eigenvalue weighted by Gasteiger charge is -2.07. The van der Waals surface area contributed by atoms with E-state index in [9.17, 15) is 13.2 Å². The Morgan fingerprint density at radius 2 is 1.87 bits per heavy atom. The molecule has 0 saturated heterocycles. The highest BCUT2D eigenvalue weighted by Crippen LogP contribution is 2.27. The molecular formula is C22H26N2O4S2. The number of sulfone groups is 1. The SMILES string of the molecule is CCOc1cccc2sc(=NC(=O)CCCS(=O)(=O)c3ccc(C)cc3)n(CC)c12. The Labute approximate surface area is 180 Å². The highest BCUT2D eigenvalue weighted by atomic mass is 32.2. The van der Waals surface area contributed by atoms with E-state index in [1.165, 1.54) is 11.3 Å². The Morgan fingerprint density at radius 1 is 1.13 bits per heavy atom. The molecule has 0 spiro atoms. The van der Waals surface area contributed by atoms with Crippen LogP contribution in [0, 0.1) is 6.92 Å². The summed E-state index contributed by atoms with van der Waals surface area (Å²) in [5, 5.41) is 0. The van der Waals surface area contributed by atoms with E-state index in [0.29, 0.717) is 18.0 Å². The average molecular weight is 447 g/mol. The first kappa shape index (κ1) is 22.2. The van der Waals surface area contributed by atoms with Crippen molar-refractivity contribution >= 4 is 37.3 Å². The van der Waals surface area contributed by atoms with Gasteiger partial charge >= 0.3 is 0 Å². The van der Waals surface area contributed by atoms with Gasteiger partial charge in [-0.3, -0.25) is 4.79 Å². The van der Waals surface area contributed by atoms with Crippen molar-refractivity contribution in [1.82, 2.24) is 4.57 Å². The lowest BCUT2D eigenvalue weighted by molar-refractivity contribution is -0.118. The first-order valence-electron chi connectivity index (χ1n) is 9.98. The maximum Gasteiger partial charge on any atom is 0.248 e. The smallest absolute Gasteiger partial charge is 0.248 e. The highest BCUT2D eigenvalue weighted by Gasteiger charge is 2.15. The van der Waals surface area contributed by atoms with Gasteiger partial charge in [0.05, 0.1) is 22.0 Å². The van der Waals surface area contributed by atoms with Crippen LogP contribution in [-0.4, -0.2) is 31.3 Å². The number of para-hydroxylation sites is 1. The number of benzene rings is 2. The number of aromatic nitrogens is 1. The van der Waals surface area contributed by atoms with Crippen LogP contribution < -0.4 is 9.54 Å². The molecule has 3 aromatic rings. The number of hydrogen-bond acceptors (Lipinski definition) is 5. The van der Waals surface area contributed by atoms with Crippen LogP contribution in [0.4, 0.5) is 0 Å². The Morgan fingerprint density at radius 3 is 2.53 bits per heavy atom. The van der Waals surface area contributed by atoms with Gasteiger partial charge in [0, 0.05) is 13.0 Å². The number of thiazole rings is 1. The molecule has 1 aromatic heterocycles. The van der Waals surface area contributed by atoms with Gasteiger partial charge in [0.25, 0.3) is 0 Å². The summed E-state index contributed by atoms with van der Waals surface area (Å²) in [6.45, 7) is 7.04. The largest absolute Gasteiger partial charge is 0.492 e. The molecule has 2 aromatic carbocycles. The average Bonchev–Trinajstić information content (AvgIpc) is 3.06. The number of ether oxygens (including phenoxy) is 1. The number of rotatable bonds is 8. The quantitative estimate of drug-likeness (QED) is 0.522. The number of fused-ring (bicyclic) bond motifs is 1. The molecule has 3 rings (SSSR count). The zero-order chi connectivity index (χ0) is 21.7. The Kier molecular flexibility index (Phi) is 7.10. The third kappa shape index (κ3) is 4.99. The van der Waals surface area contributed by atoms with E-state index in [1.807, 2.05) is 43.5 Å². The van der Waals surface area contributed by atoms with Crippen molar-refractivity contribution in [1.29, 1.82) is 0 Å². The van der Waals surface area contributed by atoms with Crippen LogP contribution in [0.15, 0.2) is 52.4 Å². The van der Waals surface area contributed by atoms with Gasteiger partial charge in [-0.05, 0) is 51.5 Å². The fourth-order valence-electron chi connectivity index (χ4n) is 3.19. The van der Waals surface area contributed by atoms with E-state index < -0.39 is 9.84 Å². The topological polar surface area (TPSA) is 77.7 Å². The molecule has 0 radical (unpaired) electrons. The van der Waals surface area contributed by atoms with Crippen molar-refractivity contribution in [3.05, 3.63) is 52.8 Å². The van der Waals surface area contributed by atoms with E-state index in [1.54, 1.807) is 24.3 Å². The van der Waals surface area contributed by atoms with Crippen LogP contribution in [0.2, 0.25) is 0 Å². The normalized spacial score (nSPS) is 12.4. The van der Waals surface area contributed by atoms with E-state index in [0.717, 1.165) is 21.5 Å². The van der Waals surface area contributed by atoms with Crippen molar-refractivity contribution in [3.63, 3.8) is 0 Å². The fraction of sp³-hybridized carbons (Fsp3) is 0.364. The first-order chi connectivity index (χ1) is 14.4. The van der Waals surface area contributed by atoms with Gasteiger partial charge in [0.2, 0.25) is 5.91 Å². The van der Waals surface area contributed by atoms with Crippen LogP contribution in [0.3, 0.4) is 0 Å². The second-order valence-electron chi connectivity index (χ2n) is 6.91. The first-order valence-corrected chi connectivity index (χ1v) is 12.4. The maximum atomic E-state index is 12.4. The molecule has 0 aliphatic rings. The van der Waals surface area contributed by atoms with Crippen LogP contribution in [-0.2, 0) is 21.2 Å². The van der Waals surface area contributed by atoms with Crippen molar-refractivity contribution in [2.75, 3.05) is 12.4 Å². The zero-order valence-electron chi connectivity index (χ0n) is 17.4. The summed E-state index contributed by atoms with van der Waals surface area (Å²) in [5.41, 5.74) is 1.93. The lowest BCUT2D eigenvalue weighted by atomic mass is 10.2. The van der Waals surface area contributed by atoms with Gasteiger partial charge in [-0.15, -0.1) is 0 Å². The molecule has 1 amide bonds. The van der Waals surface area contributed by atoms with Gasteiger partial charge in [-0.2, -0.15) is 4.99 Å². The van der Waals surface area contributed by atoms with Crippen molar-refractivity contribution in [3.8, 4) is 5.75 Å². The lowest BCUT2D eigenvalue weighted by Crippen LogP contribution is -2.16. The summed E-state index contributed by atoms with van der Waals surface area (Å²) >= 11 is 1.43. The van der Waals surface area contributed by atoms with Crippen molar-refractivity contribution < 1.29 is 17.9 Å². The Bertz CT molecular complexity index is 1210. The summed E-state index contributed by atoms with van der Waals surface area (Å²) in [6.07, 6.45) is 0.321. The summed E-state index contributed by atoms with van der Waals surface area (Å²) in [7, 11) is -3.40. The molecule has 0 N–H and O–H groups in total. The van der Waals surface area contributed by atoms with Gasteiger partial charge < -0.3 is 9.30 Å². The molecule has 0 aliphatic heterocycles. The molecule has 30 heavy (non-hydrogen) atoms. The fourth-order valence-corrected chi connectivity index (χ4v) is 5.63. The monoisotopic (exact) mass is 446 g/mol. The van der Waals surface area contributed by atoms with E-state index in [4.69, 9.17) is 4.74 Å². The Balaban J connectivity index is 1.76. The minimum Gasteiger partial charge on any atom is -0.492 e. The summed E-state index contributed by atoms with van der Waals surface area (Å²) in [5.74, 6) is 0.374. The minimum atomic E-state index is -3.40. The maximum absolute atomic E-state index is 12.4. The predicted molar refractivity (Wildman–Crippen MR) is 120 cm³/mol. The number of hydrogen-bond donors (Lipinski definition) is 0. The highest BCUT2D eigenvalue weighted by molar-refractivity contribution is 7.91. The third-order valence-corrected chi connectivity index (χ3v) is 7.54. The Hall–Kier alpha value is -2.45. The van der Waals surface area contributed by atoms with E-state index >= 15 is 0 Å². The second-order valence-corrected chi connectivity index (χ2v) is 10.0. The van der Waals surface area contributed by atoms with E-state index in [-0.39, 0.29) is 29.4 Å². The van der Waals surface area contributed by atoms with Gasteiger partial charge in [-0.1, -0.05) is 35.1 Å². The third-order valence-electron chi connectivity index (χ3n) is 4.68. The van der Waals surface area contributed by atoms with Crippen LogP contribution in [0.5, 0.6) is 5.75 Å². The standard InChI is InChI=1S/C22H26N2O4S2/c1-4-24-21-18(28-5-2)8-6-9-19(21)29-22(24)23-20(25)10-7-15-30(26,27)17-13-11-16(3)12-14-17/h6,8-9,11-14H,4-5,7,10,15H2,1-3H3. The molecule has 1 heterocycles. The molecular weight excluding hydrogens is 420 g/mol. The molecule has 0 aliphatic carbocycles. The molecule has 160 valence electrons. The summed E-state index contributed by atoms with van der Waals surface area (Å²) < 4.78 is 33.6. The van der Waals surface area contributed by atoms with Crippen molar-refractivity contribution in [2.45, 2.75) is 45.1 Å². The van der Waals surface area contributed by atoms with Crippen LogP contribution >= 0.6 is 11.3 Å². The number of carbonyl (C=O) groups excluding carboxylic acids is 1. The second kappa shape index (κ2) is 9.57. The molecule has 0 atom stereocenters. The van der Waals surface area contributed by atoms with Gasteiger partial charge in [0.1, 0.15) is 11.3 Å². The number of aryl methyl sites for hydroxylation is 2. The van der Waals surface area contributed by atoms with E-state index in [2.05, 4.69) is 4.99 Å². The number of nitrogens with zero attached hydrogens (tertiary/aromatic N) is 2. The zero-order valence-corrected chi connectivity index (χ0v) is 19.1. The minimum absolute atomic E-state index is 0.0774. The summed E-state index contributed by atoms with van der Waals surface area (Å²) in [6, 6.07) is 12.6. The molecule has 8 heteroatoms. The molecule has 0 saturated carbocycles. The molecule has 6 nitrogen and oxygen atoms in total. The van der Waals surface area contributed by atoms with Crippen molar-refractivity contribution in [2.24, 2.45) is 4.99 Å². The predicted octanol–water partition coefficient (Wildman–Crippen LogP) is 4.11. The van der Waals surface area contributed by atoms with Gasteiger partial charge in [0.15, 0.2) is 14.6 Å². The molecule has 0 bridgehead atoms. The molecule has 0 unspecified atom stereocenters. The number of amides is 1. The van der Waals surface area contributed by atoms with Crippen LogP contribution in [0.1, 0.15) is 32.3 Å². The van der Waals surface area contributed by atoms with Crippen LogP contribution in [0.25, 0.3) is 10.2 Å². The molecule has 0 fully saturated rings. The summed E-state index contributed by atoms with van der Waals surface area (Å²) in [4.78, 5) is 17.6. The van der Waals surface area contributed by atoms with Gasteiger partial charge in [-0.25, -0.2) is 8.42 Å².